The molecule has 0 spiro atoms. The van der Waals surface area contributed by atoms with Gasteiger partial charge in [0, 0.05) is 17.6 Å². The number of esters is 1. The van der Waals surface area contributed by atoms with Crippen LogP contribution in [0, 0.1) is 5.92 Å². The average Bonchev–Trinajstić information content (AvgIpc) is 2.85. The molecule has 2 aliphatic heterocycles. The van der Waals surface area contributed by atoms with E-state index >= 15 is 0 Å². The first-order valence-corrected chi connectivity index (χ1v) is 8.47. The van der Waals surface area contributed by atoms with Gasteiger partial charge in [0.25, 0.3) is 0 Å². The summed E-state index contributed by atoms with van der Waals surface area (Å²) in [5, 5.41) is 5.88. The molecule has 2 heterocycles. The third-order valence-electron chi connectivity index (χ3n) is 4.99. The molecule has 0 saturated carbocycles. The first-order chi connectivity index (χ1) is 10.9. The molecule has 5 nitrogen and oxygen atoms in total. The Balaban J connectivity index is 1.88. The molecule has 4 unspecified atom stereocenters. The van der Waals surface area contributed by atoms with Gasteiger partial charge in [-0.3, -0.25) is 10.1 Å². The van der Waals surface area contributed by atoms with Crippen molar-refractivity contribution in [3.05, 3.63) is 35.9 Å². The van der Waals surface area contributed by atoms with Crippen molar-refractivity contribution in [2.75, 3.05) is 6.61 Å². The summed E-state index contributed by atoms with van der Waals surface area (Å²) in [4.78, 5) is 12.4. The molecular formula is C18H27N3O2. The second kappa shape index (κ2) is 6.23. The number of fused-ring (bicyclic) bond motifs is 1. The van der Waals surface area contributed by atoms with Crippen molar-refractivity contribution in [2.45, 2.75) is 57.9 Å². The van der Waals surface area contributed by atoms with Crippen molar-refractivity contribution in [1.82, 2.24) is 15.8 Å². The highest BCUT2D eigenvalue weighted by Crippen LogP contribution is 2.39. The summed E-state index contributed by atoms with van der Waals surface area (Å²) in [5.41, 5.74) is 4.69. The normalized spacial score (nSPS) is 33.2. The van der Waals surface area contributed by atoms with Crippen LogP contribution in [0.3, 0.4) is 0 Å². The monoisotopic (exact) mass is 317 g/mol. The Hall–Kier alpha value is -1.43. The fourth-order valence-corrected chi connectivity index (χ4v) is 3.88. The highest BCUT2D eigenvalue weighted by Gasteiger charge is 2.53. The molecule has 0 aromatic heterocycles. The summed E-state index contributed by atoms with van der Waals surface area (Å²) < 4.78 is 5.31. The number of rotatable bonds is 3. The van der Waals surface area contributed by atoms with E-state index in [0.717, 1.165) is 6.42 Å². The number of nitrogens with zero attached hydrogens (tertiary/aromatic N) is 1. The molecule has 1 aromatic rings. The molecule has 2 aliphatic rings. The fraction of sp³-hybridized carbons (Fsp3) is 0.611. The smallest absolute Gasteiger partial charge is 0.313 e. The lowest BCUT2D eigenvalue weighted by molar-refractivity contribution is -0.150. The molecule has 2 saturated heterocycles. The van der Waals surface area contributed by atoms with Crippen molar-refractivity contribution < 1.29 is 9.53 Å². The van der Waals surface area contributed by atoms with Crippen molar-refractivity contribution >= 4 is 5.97 Å². The van der Waals surface area contributed by atoms with Crippen molar-refractivity contribution in [3.63, 3.8) is 0 Å². The van der Waals surface area contributed by atoms with Crippen LogP contribution in [0.5, 0.6) is 0 Å². The summed E-state index contributed by atoms with van der Waals surface area (Å²) in [5.74, 6) is -0.335. The van der Waals surface area contributed by atoms with Crippen LogP contribution in [0.15, 0.2) is 30.3 Å². The predicted molar refractivity (Wildman–Crippen MR) is 89.4 cm³/mol. The minimum Gasteiger partial charge on any atom is -0.466 e. The average molecular weight is 317 g/mol. The maximum Gasteiger partial charge on any atom is 0.313 e. The number of nitrogens with one attached hydrogen (secondary N) is 2. The maximum atomic E-state index is 12.4. The van der Waals surface area contributed by atoms with Crippen molar-refractivity contribution in [1.29, 1.82) is 0 Å². The maximum absolute atomic E-state index is 12.4. The van der Waals surface area contributed by atoms with Gasteiger partial charge in [0.15, 0.2) is 0 Å². The first-order valence-electron chi connectivity index (χ1n) is 8.47. The van der Waals surface area contributed by atoms with Gasteiger partial charge in [-0.25, -0.2) is 10.4 Å². The van der Waals surface area contributed by atoms with E-state index in [1.165, 1.54) is 5.56 Å². The molecule has 2 fully saturated rings. The molecule has 0 bridgehead atoms. The summed E-state index contributed by atoms with van der Waals surface area (Å²) in [6, 6.07) is 10.7. The van der Waals surface area contributed by atoms with Gasteiger partial charge in [-0.1, -0.05) is 30.3 Å². The quantitative estimate of drug-likeness (QED) is 0.837. The van der Waals surface area contributed by atoms with Gasteiger partial charge in [0.05, 0.1) is 12.8 Å². The lowest BCUT2D eigenvalue weighted by atomic mass is 9.85. The standard InChI is InChI=1S/C18H27N3O2/c1-5-23-17(22)15-12(2)20-21-16(15)19-14(11-18(21,3)4)13-9-7-6-8-10-13/h6-10,12,14-16,19-20H,5,11H2,1-4H3. The Morgan fingerprint density at radius 1 is 1.35 bits per heavy atom. The molecule has 2 N–H and O–H groups in total. The van der Waals surface area contributed by atoms with Gasteiger partial charge < -0.3 is 4.74 Å². The van der Waals surface area contributed by atoms with Crippen LogP contribution in [0.25, 0.3) is 0 Å². The summed E-state index contributed by atoms with van der Waals surface area (Å²) >= 11 is 0. The zero-order valence-corrected chi connectivity index (χ0v) is 14.4. The van der Waals surface area contributed by atoms with Crippen LogP contribution in [0.1, 0.15) is 45.7 Å². The number of carbonyl (C=O) groups is 1. The lowest BCUT2D eigenvalue weighted by Crippen LogP contribution is -2.63. The molecule has 1 aromatic carbocycles. The van der Waals surface area contributed by atoms with Gasteiger partial charge in [-0.2, -0.15) is 0 Å². The van der Waals surface area contributed by atoms with Gasteiger partial charge >= 0.3 is 5.97 Å². The molecule has 4 atom stereocenters. The van der Waals surface area contributed by atoms with Crippen molar-refractivity contribution in [2.24, 2.45) is 5.92 Å². The molecule has 126 valence electrons. The van der Waals surface area contributed by atoms with Crippen LogP contribution < -0.4 is 10.7 Å². The fourth-order valence-electron chi connectivity index (χ4n) is 3.88. The molecule has 0 radical (unpaired) electrons. The number of hydrogen-bond acceptors (Lipinski definition) is 5. The summed E-state index contributed by atoms with van der Waals surface area (Å²) in [6.07, 6.45) is 0.918. The highest BCUT2D eigenvalue weighted by molar-refractivity contribution is 5.74. The first kappa shape index (κ1) is 16.4. The van der Waals surface area contributed by atoms with E-state index in [2.05, 4.69) is 60.8 Å². The van der Waals surface area contributed by atoms with Crippen LogP contribution in [-0.4, -0.2) is 35.3 Å². The number of hydrogen-bond donors (Lipinski definition) is 2. The highest BCUT2D eigenvalue weighted by atomic mass is 16.5. The van der Waals surface area contributed by atoms with E-state index < -0.39 is 0 Å². The molecule has 0 aliphatic carbocycles. The zero-order chi connectivity index (χ0) is 16.6. The molecule has 23 heavy (non-hydrogen) atoms. The van der Waals surface area contributed by atoms with Crippen molar-refractivity contribution in [3.8, 4) is 0 Å². The van der Waals surface area contributed by atoms with E-state index in [-0.39, 0.29) is 35.7 Å². The van der Waals surface area contributed by atoms with Crippen LogP contribution in [0.2, 0.25) is 0 Å². The van der Waals surface area contributed by atoms with Crippen LogP contribution in [-0.2, 0) is 9.53 Å². The second-order valence-corrected chi connectivity index (χ2v) is 7.16. The lowest BCUT2D eigenvalue weighted by Gasteiger charge is -2.48. The topological polar surface area (TPSA) is 53.6 Å². The molecular weight excluding hydrogens is 290 g/mol. The summed E-state index contributed by atoms with van der Waals surface area (Å²) in [7, 11) is 0. The molecule has 5 heteroatoms. The summed E-state index contributed by atoms with van der Waals surface area (Å²) in [6.45, 7) is 8.78. The third kappa shape index (κ3) is 3.01. The van der Waals surface area contributed by atoms with Gasteiger partial charge in [0.2, 0.25) is 0 Å². The molecule has 0 amide bonds. The molecule has 3 rings (SSSR count). The number of carbonyl (C=O) groups excluding carboxylic acids is 1. The largest absolute Gasteiger partial charge is 0.466 e. The van der Waals surface area contributed by atoms with E-state index in [0.29, 0.717) is 6.61 Å². The zero-order valence-electron chi connectivity index (χ0n) is 14.4. The number of hydrazine groups is 1. The van der Waals surface area contributed by atoms with E-state index in [1.807, 2.05) is 13.0 Å². The third-order valence-corrected chi connectivity index (χ3v) is 4.99. The van der Waals surface area contributed by atoms with Gasteiger partial charge in [-0.05, 0) is 39.7 Å². The number of ether oxygens (including phenoxy) is 1. The minimum atomic E-state index is -0.208. The SMILES string of the molecule is CCOC(=O)C1C(C)NN2C1NC(c1ccccc1)CC2(C)C. The Labute approximate surface area is 138 Å². The Morgan fingerprint density at radius 2 is 2.04 bits per heavy atom. The van der Waals surface area contributed by atoms with Crippen LogP contribution >= 0.6 is 0 Å². The van der Waals surface area contributed by atoms with Gasteiger partial charge in [-0.15, -0.1) is 0 Å². The minimum absolute atomic E-state index is 0.0497. The Kier molecular flexibility index (Phi) is 4.45. The Morgan fingerprint density at radius 3 is 2.70 bits per heavy atom. The van der Waals surface area contributed by atoms with Gasteiger partial charge in [0.1, 0.15) is 5.92 Å². The van der Waals surface area contributed by atoms with E-state index in [4.69, 9.17) is 4.74 Å². The van der Waals surface area contributed by atoms with E-state index in [9.17, 15) is 4.79 Å². The van der Waals surface area contributed by atoms with Crippen LogP contribution in [0.4, 0.5) is 0 Å². The number of benzene rings is 1. The van der Waals surface area contributed by atoms with E-state index in [1.54, 1.807) is 0 Å². The predicted octanol–water partition coefficient (Wildman–Crippen LogP) is 2.21. The Bertz CT molecular complexity index is 561. The second-order valence-electron chi connectivity index (χ2n) is 7.16.